The number of fused-ring (bicyclic) bond motifs is 3. The van der Waals surface area contributed by atoms with E-state index in [-0.39, 0.29) is 5.91 Å². The van der Waals surface area contributed by atoms with Crippen LogP contribution in [0, 0.1) is 11.8 Å². The van der Waals surface area contributed by atoms with E-state index >= 15 is 0 Å². The van der Waals surface area contributed by atoms with Gasteiger partial charge < -0.3 is 25.2 Å². The molecule has 2 fully saturated rings. The Hall–Kier alpha value is -2.91. The Morgan fingerprint density at radius 3 is 2.59 bits per heavy atom. The summed E-state index contributed by atoms with van der Waals surface area (Å²) >= 11 is 1.40. The first kappa shape index (κ1) is 21.0. The molecule has 2 amide bonds. The summed E-state index contributed by atoms with van der Waals surface area (Å²) in [6, 6.07) is 7.14. The van der Waals surface area contributed by atoms with Crippen LogP contribution in [0.3, 0.4) is 0 Å². The number of thiophene rings is 1. The minimum absolute atomic E-state index is 0.317. The van der Waals surface area contributed by atoms with E-state index in [0.717, 1.165) is 29.7 Å². The highest BCUT2D eigenvalue weighted by molar-refractivity contribution is 7.17. The predicted molar refractivity (Wildman–Crippen MR) is 118 cm³/mol. The number of carboxylic acids is 1. The topological polar surface area (TPSA) is 114 Å². The van der Waals surface area contributed by atoms with E-state index < -0.39 is 35.9 Å². The van der Waals surface area contributed by atoms with E-state index in [1.807, 2.05) is 6.07 Å². The third kappa shape index (κ3) is 3.45. The van der Waals surface area contributed by atoms with Gasteiger partial charge in [-0.15, -0.1) is 11.3 Å². The van der Waals surface area contributed by atoms with Gasteiger partial charge in [-0.25, -0.2) is 0 Å². The molecule has 3 N–H and O–H groups in total. The number of anilines is 2. The fraction of sp³-hybridized carbons (Fsp3) is 0.435. The average molecular weight is 457 g/mol. The molecule has 1 aromatic carbocycles. The van der Waals surface area contributed by atoms with Crippen molar-refractivity contribution in [3.8, 4) is 5.75 Å². The van der Waals surface area contributed by atoms with Crippen molar-refractivity contribution in [1.29, 1.82) is 0 Å². The fourth-order valence-corrected chi connectivity index (χ4v) is 6.47. The van der Waals surface area contributed by atoms with Gasteiger partial charge in [-0.3, -0.25) is 14.4 Å². The summed E-state index contributed by atoms with van der Waals surface area (Å²) in [6.07, 6.45) is 3.12. The van der Waals surface area contributed by atoms with Crippen LogP contribution in [-0.4, -0.2) is 42.2 Å². The van der Waals surface area contributed by atoms with Crippen LogP contribution in [0.5, 0.6) is 5.75 Å². The molecule has 2 aromatic rings. The number of ether oxygens (including phenoxy) is 2. The summed E-state index contributed by atoms with van der Waals surface area (Å²) in [6.45, 7) is 0. The maximum absolute atomic E-state index is 13.3. The van der Waals surface area contributed by atoms with Crippen LogP contribution in [0.15, 0.2) is 24.3 Å². The van der Waals surface area contributed by atoms with E-state index in [1.165, 1.54) is 18.4 Å². The maximum atomic E-state index is 13.3. The van der Waals surface area contributed by atoms with E-state index in [2.05, 4.69) is 10.6 Å². The normalized spacial score (nSPS) is 25.4. The first-order chi connectivity index (χ1) is 15.5. The lowest BCUT2D eigenvalue weighted by Crippen LogP contribution is -2.41. The number of aryl methyl sites for hydroxylation is 1. The number of hydrogen-bond acceptors (Lipinski definition) is 6. The van der Waals surface area contributed by atoms with Gasteiger partial charge in [0.25, 0.3) is 5.91 Å². The lowest BCUT2D eigenvalue weighted by Gasteiger charge is -2.23. The molecule has 0 spiro atoms. The molecule has 0 unspecified atom stereocenters. The molecule has 4 atom stereocenters. The van der Waals surface area contributed by atoms with Crippen molar-refractivity contribution in [2.24, 2.45) is 11.8 Å². The first-order valence-electron chi connectivity index (χ1n) is 10.8. The van der Waals surface area contributed by atoms with E-state index in [4.69, 9.17) is 9.47 Å². The second kappa shape index (κ2) is 8.22. The predicted octanol–water partition coefficient (Wildman–Crippen LogP) is 3.31. The summed E-state index contributed by atoms with van der Waals surface area (Å²) in [5.74, 6) is -2.79. The zero-order valence-corrected chi connectivity index (χ0v) is 18.4. The Balaban J connectivity index is 1.42. The maximum Gasteiger partial charge on any atom is 0.310 e. The number of nitrogens with one attached hydrogen (secondary N) is 2. The van der Waals surface area contributed by atoms with Gasteiger partial charge in [0.15, 0.2) is 0 Å². The molecular weight excluding hydrogens is 432 g/mol. The monoisotopic (exact) mass is 456 g/mol. The Bertz CT molecular complexity index is 1100. The lowest BCUT2D eigenvalue weighted by atomic mass is 9.79. The van der Waals surface area contributed by atoms with Gasteiger partial charge in [-0.05, 0) is 49.8 Å². The number of hydrogen-bond donors (Lipinski definition) is 3. The fourth-order valence-electron chi connectivity index (χ4n) is 5.19. The van der Waals surface area contributed by atoms with Crippen LogP contribution in [0.2, 0.25) is 0 Å². The van der Waals surface area contributed by atoms with Crippen LogP contribution >= 0.6 is 11.3 Å². The molecular formula is C23H24N2O6S. The summed E-state index contributed by atoms with van der Waals surface area (Å²) in [5, 5.41) is 15.9. The minimum Gasteiger partial charge on any atom is -0.495 e. The van der Waals surface area contributed by atoms with Gasteiger partial charge >= 0.3 is 5.97 Å². The number of amides is 2. The number of rotatable bonds is 6. The van der Waals surface area contributed by atoms with Crippen molar-refractivity contribution in [2.75, 3.05) is 17.7 Å². The van der Waals surface area contributed by atoms with E-state index in [1.54, 1.807) is 18.2 Å². The zero-order valence-electron chi connectivity index (χ0n) is 17.6. The van der Waals surface area contributed by atoms with Gasteiger partial charge in [0.1, 0.15) is 10.8 Å². The molecule has 8 nitrogen and oxygen atoms in total. The largest absolute Gasteiger partial charge is 0.495 e. The molecule has 168 valence electrons. The van der Waals surface area contributed by atoms with Crippen molar-refractivity contribution in [2.45, 2.75) is 44.3 Å². The molecule has 0 saturated carbocycles. The number of methoxy groups -OCH3 is 1. The first-order valence-corrected chi connectivity index (χ1v) is 11.6. The number of para-hydroxylation sites is 2. The quantitative estimate of drug-likeness (QED) is 0.615. The molecule has 2 bridgehead atoms. The molecule has 2 aliphatic heterocycles. The molecule has 9 heteroatoms. The standard InChI is InChI=1S/C23H24N2O6S/c1-30-13-7-3-2-6-12(13)24-20(26)17-11-5-4-8-16(11)32-22(17)25-21(27)18-14-9-10-15(31-14)19(18)23(28)29/h2-3,6-7,14-15,18-19H,4-5,8-10H2,1H3,(H,24,26)(H,25,27)(H,28,29)/t14-,15-,18-,19-/m0/s1. The van der Waals surface area contributed by atoms with Crippen molar-refractivity contribution in [3.63, 3.8) is 0 Å². The van der Waals surface area contributed by atoms with Gasteiger partial charge in [0.2, 0.25) is 5.91 Å². The molecule has 0 radical (unpaired) electrons. The summed E-state index contributed by atoms with van der Waals surface area (Å²) in [4.78, 5) is 39.3. The molecule has 3 heterocycles. The molecule has 32 heavy (non-hydrogen) atoms. The molecule has 3 aliphatic rings. The van der Waals surface area contributed by atoms with Crippen LogP contribution in [0.25, 0.3) is 0 Å². The number of carboxylic acid groups (broad SMARTS) is 1. The SMILES string of the molecule is COc1ccccc1NC(=O)c1c(NC(=O)[C@@H]2[C@@H](C(=O)O)[C@@H]3CC[C@@H]2O3)sc2c1CCC2. The highest BCUT2D eigenvalue weighted by Crippen LogP contribution is 2.45. The number of carbonyl (C=O) groups is 3. The lowest BCUT2D eigenvalue weighted by molar-refractivity contribution is -0.147. The van der Waals surface area contributed by atoms with Crippen LogP contribution < -0.4 is 15.4 Å². The van der Waals surface area contributed by atoms with Crippen LogP contribution in [0.4, 0.5) is 10.7 Å². The Labute approximate surface area is 188 Å². The number of aliphatic carboxylic acids is 1. The van der Waals surface area contributed by atoms with E-state index in [0.29, 0.717) is 34.8 Å². The van der Waals surface area contributed by atoms with Gasteiger partial charge in [-0.1, -0.05) is 12.1 Å². The van der Waals surface area contributed by atoms with Gasteiger partial charge in [0.05, 0.1) is 42.4 Å². The number of carbonyl (C=O) groups excluding carboxylic acids is 2. The minimum atomic E-state index is -1.01. The molecule has 1 aliphatic carbocycles. The molecule has 1 aromatic heterocycles. The molecule has 2 saturated heterocycles. The van der Waals surface area contributed by atoms with Crippen molar-refractivity contribution in [3.05, 3.63) is 40.3 Å². The van der Waals surface area contributed by atoms with Crippen LogP contribution in [0.1, 0.15) is 40.1 Å². The van der Waals surface area contributed by atoms with Crippen LogP contribution in [-0.2, 0) is 27.2 Å². The molecule has 5 rings (SSSR count). The third-order valence-corrected chi connectivity index (χ3v) is 7.81. The van der Waals surface area contributed by atoms with Crippen molar-refractivity contribution < 1.29 is 29.0 Å². The number of benzene rings is 1. The Morgan fingerprint density at radius 1 is 1.09 bits per heavy atom. The van der Waals surface area contributed by atoms with Crippen molar-refractivity contribution in [1.82, 2.24) is 0 Å². The van der Waals surface area contributed by atoms with E-state index in [9.17, 15) is 19.5 Å². The summed E-state index contributed by atoms with van der Waals surface area (Å²) < 4.78 is 11.1. The highest BCUT2D eigenvalue weighted by atomic mass is 32.1. The second-order valence-corrected chi connectivity index (χ2v) is 9.49. The third-order valence-electron chi connectivity index (χ3n) is 6.60. The average Bonchev–Trinajstić information content (AvgIpc) is 3.54. The Morgan fingerprint density at radius 2 is 1.84 bits per heavy atom. The second-order valence-electron chi connectivity index (χ2n) is 8.39. The zero-order chi connectivity index (χ0) is 22.4. The van der Waals surface area contributed by atoms with Gasteiger partial charge in [-0.2, -0.15) is 0 Å². The summed E-state index contributed by atoms with van der Waals surface area (Å²) in [5.41, 5.74) is 1.96. The summed E-state index contributed by atoms with van der Waals surface area (Å²) in [7, 11) is 1.54. The van der Waals surface area contributed by atoms with Crippen molar-refractivity contribution >= 4 is 39.8 Å². The highest BCUT2D eigenvalue weighted by Gasteiger charge is 2.55. The van der Waals surface area contributed by atoms with Gasteiger partial charge in [0, 0.05) is 4.88 Å². The Kier molecular flexibility index (Phi) is 5.38. The smallest absolute Gasteiger partial charge is 0.310 e.